The van der Waals surface area contributed by atoms with Crippen molar-refractivity contribution in [3.8, 4) is 0 Å². The molecule has 0 radical (unpaired) electrons. The van der Waals surface area contributed by atoms with Crippen LogP contribution in [0.4, 0.5) is 0 Å². The van der Waals surface area contributed by atoms with Crippen LogP contribution in [0.1, 0.15) is 17.2 Å². The highest BCUT2D eigenvalue weighted by atomic mass is 35.5. The van der Waals surface area contributed by atoms with E-state index in [-0.39, 0.29) is 6.04 Å². The molecule has 0 aliphatic rings. The van der Waals surface area contributed by atoms with Crippen molar-refractivity contribution in [2.24, 2.45) is 5.84 Å². The van der Waals surface area contributed by atoms with Crippen molar-refractivity contribution < 1.29 is 0 Å². The average Bonchev–Trinajstić information content (AvgIpc) is 2.91. The van der Waals surface area contributed by atoms with Crippen molar-refractivity contribution >= 4 is 17.1 Å². The van der Waals surface area contributed by atoms with Crippen molar-refractivity contribution in [3.05, 3.63) is 65.2 Å². The number of benzene rings is 1. The van der Waals surface area contributed by atoms with Gasteiger partial charge in [-0.2, -0.15) is 5.10 Å². The van der Waals surface area contributed by atoms with Crippen LogP contribution in [0.25, 0.3) is 5.52 Å². The van der Waals surface area contributed by atoms with E-state index >= 15 is 0 Å². The zero-order valence-electron chi connectivity index (χ0n) is 10.7. The highest BCUT2D eigenvalue weighted by Gasteiger charge is 2.15. The van der Waals surface area contributed by atoms with Crippen LogP contribution in [-0.2, 0) is 6.42 Å². The van der Waals surface area contributed by atoms with Crippen molar-refractivity contribution in [2.75, 3.05) is 0 Å². The topological polar surface area (TPSA) is 68.2 Å². The number of nitrogens with zero attached hydrogens (tertiary/aromatic N) is 3. The number of fused-ring (bicyclic) bond motifs is 1. The van der Waals surface area contributed by atoms with Crippen LogP contribution in [0.3, 0.4) is 0 Å². The molecule has 0 bridgehead atoms. The van der Waals surface area contributed by atoms with Gasteiger partial charge in [-0.3, -0.25) is 16.3 Å². The predicted molar refractivity (Wildman–Crippen MR) is 78.2 cm³/mol. The van der Waals surface area contributed by atoms with E-state index in [1.54, 1.807) is 16.9 Å². The van der Waals surface area contributed by atoms with Crippen LogP contribution in [0.5, 0.6) is 0 Å². The molecule has 5 nitrogen and oxygen atoms in total. The van der Waals surface area contributed by atoms with E-state index in [1.165, 1.54) is 0 Å². The molecular formula is C14H14ClN5. The molecule has 0 spiro atoms. The first-order valence-corrected chi connectivity index (χ1v) is 6.63. The number of hydrazine groups is 1. The maximum absolute atomic E-state index is 5.90. The van der Waals surface area contributed by atoms with E-state index in [9.17, 15) is 0 Å². The lowest BCUT2D eigenvalue weighted by Crippen LogP contribution is -2.29. The van der Waals surface area contributed by atoms with E-state index in [1.807, 2.05) is 36.7 Å². The smallest absolute Gasteiger partial charge is 0.0893 e. The number of rotatable bonds is 4. The van der Waals surface area contributed by atoms with Gasteiger partial charge in [-0.1, -0.05) is 23.7 Å². The van der Waals surface area contributed by atoms with E-state index in [0.717, 1.165) is 28.1 Å². The van der Waals surface area contributed by atoms with Crippen LogP contribution in [0.15, 0.2) is 49.1 Å². The first-order valence-electron chi connectivity index (χ1n) is 6.26. The molecule has 1 unspecified atom stereocenters. The Bertz CT molecular complexity index is 707. The zero-order valence-corrected chi connectivity index (χ0v) is 11.5. The molecule has 1 aromatic carbocycles. The van der Waals surface area contributed by atoms with E-state index in [2.05, 4.69) is 15.5 Å². The number of nitrogens with one attached hydrogen (secondary N) is 1. The third kappa shape index (κ3) is 2.51. The van der Waals surface area contributed by atoms with Gasteiger partial charge in [0.05, 0.1) is 24.0 Å². The third-order valence-electron chi connectivity index (χ3n) is 3.28. The molecule has 1 atom stereocenters. The van der Waals surface area contributed by atoms with Crippen LogP contribution < -0.4 is 11.3 Å². The molecule has 0 fully saturated rings. The molecule has 0 aliphatic carbocycles. The molecule has 0 aliphatic heterocycles. The standard InChI is InChI=1S/C14H14ClN5/c15-11-3-1-10(2-4-11)7-13(19-16)12-8-18-20-6-5-17-9-14(12)20/h1-6,8-9,13,19H,7,16H2. The van der Waals surface area contributed by atoms with Crippen LogP contribution in [0.2, 0.25) is 5.02 Å². The summed E-state index contributed by atoms with van der Waals surface area (Å²) in [6, 6.07) is 7.72. The number of halogens is 1. The molecule has 102 valence electrons. The van der Waals surface area contributed by atoms with E-state index in [4.69, 9.17) is 17.4 Å². The second-order valence-electron chi connectivity index (χ2n) is 4.56. The molecule has 3 N–H and O–H groups in total. The van der Waals surface area contributed by atoms with Crippen LogP contribution >= 0.6 is 11.6 Å². The summed E-state index contributed by atoms with van der Waals surface area (Å²) in [6.45, 7) is 0. The lowest BCUT2D eigenvalue weighted by Gasteiger charge is -2.15. The van der Waals surface area contributed by atoms with Gasteiger partial charge < -0.3 is 0 Å². The fourth-order valence-electron chi connectivity index (χ4n) is 2.24. The summed E-state index contributed by atoms with van der Waals surface area (Å²) in [5, 5.41) is 5.03. The first kappa shape index (κ1) is 13.1. The quantitative estimate of drug-likeness (QED) is 0.570. The summed E-state index contributed by atoms with van der Waals surface area (Å²) in [4.78, 5) is 4.13. The molecule has 6 heteroatoms. The molecule has 0 saturated heterocycles. The molecule has 20 heavy (non-hydrogen) atoms. The molecule has 2 heterocycles. The van der Waals surface area contributed by atoms with Gasteiger partial charge in [0, 0.05) is 23.0 Å². The number of nitrogens with two attached hydrogens (primary N) is 1. The van der Waals surface area contributed by atoms with Gasteiger partial charge in [-0.15, -0.1) is 0 Å². The van der Waals surface area contributed by atoms with Gasteiger partial charge >= 0.3 is 0 Å². The fourth-order valence-corrected chi connectivity index (χ4v) is 2.36. The normalized spacial score (nSPS) is 12.7. The summed E-state index contributed by atoms with van der Waals surface area (Å²) in [5.74, 6) is 5.70. The van der Waals surface area contributed by atoms with E-state index < -0.39 is 0 Å². The Balaban J connectivity index is 1.91. The van der Waals surface area contributed by atoms with Crippen molar-refractivity contribution in [1.29, 1.82) is 0 Å². The number of hydrogen-bond acceptors (Lipinski definition) is 4. The minimum atomic E-state index is -0.0297. The summed E-state index contributed by atoms with van der Waals surface area (Å²) in [6.07, 6.45) is 7.87. The Kier molecular flexibility index (Phi) is 3.64. The van der Waals surface area contributed by atoms with Crippen molar-refractivity contribution in [3.63, 3.8) is 0 Å². The Hall–Kier alpha value is -1.95. The van der Waals surface area contributed by atoms with Gasteiger partial charge in [0.2, 0.25) is 0 Å². The van der Waals surface area contributed by atoms with Crippen LogP contribution in [-0.4, -0.2) is 14.6 Å². The zero-order chi connectivity index (χ0) is 13.9. The Labute approximate surface area is 121 Å². The predicted octanol–water partition coefficient (Wildman–Crippen LogP) is 2.13. The van der Waals surface area contributed by atoms with Crippen LogP contribution in [0, 0.1) is 0 Å². The molecule has 0 amide bonds. The molecular weight excluding hydrogens is 274 g/mol. The van der Waals surface area contributed by atoms with Crippen molar-refractivity contribution in [2.45, 2.75) is 12.5 Å². The summed E-state index contributed by atoms with van der Waals surface area (Å²) < 4.78 is 1.79. The number of hydrogen-bond donors (Lipinski definition) is 2. The molecule has 0 saturated carbocycles. The Morgan fingerprint density at radius 3 is 2.80 bits per heavy atom. The molecule has 2 aromatic heterocycles. The molecule has 3 aromatic rings. The van der Waals surface area contributed by atoms with Crippen molar-refractivity contribution in [1.82, 2.24) is 20.0 Å². The fraction of sp³-hybridized carbons (Fsp3) is 0.143. The Morgan fingerprint density at radius 1 is 1.25 bits per heavy atom. The highest BCUT2D eigenvalue weighted by molar-refractivity contribution is 6.30. The maximum Gasteiger partial charge on any atom is 0.0893 e. The highest BCUT2D eigenvalue weighted by Crippen LogP contribution is 2.22. The lowest BCUT2D eigenvalue weighted by molar-refractivity contribution is 0.555. The minimum Gasteiger partial charge on any atom is -0.271 e. The average molecular weight is 288 g/mol. The van der Waals surface area contributed by atoms with Gasteiger partial charge in [0.15, 0.2) is 0 Å². The first-order chi connectivity index (χ1) is 9.78. The minimum absolute atomic E-state index is 0.0297. The summed E-state index contributed by atoms with van der Waals surface area (Å²) >= 11 is 5.90. The summed E-state index contributed by atoms with van der Waals surface area (Å²) in [7, 11) is 0. The molecule has 3 rings (SSSR count). The Morgan fingerprint density at radius 2 is 2.05 bits per heavy atom. The second kappa shape index (κ2) is 5.58. The van der Waals surface area contributed by atoms with Gasteiger partial charge in [0.1, 0.15) is 0 Å². The maximum atomic E-state index is 5.90. The number of aromatic nitrogens is 3. The SMILES string of the molecule is NNC(Cc1ccc(Cl)cc1)c1cnn2ccncc12. The second-order valence-corrected chi connectivity index (χ2v) is 4.99. The van der Waals surface area contributed by atoms with Gasteiger partial charge in [0.25, 0.3) is 0 Å². The lowest BCUT2D eigenvalue weighted by atomic mass is 10.0. The monoisotopic (exact) mass is 287 g/mol. The summed E-state index contributed by atoms with van der Waals surface area (Å²) in [5.41, 5.74) is 5.97. The van der Waals surface area contributed by atoms with Gasteiger partial charge in [-0.25, -0.2) is 4.52 Å². The van der Waals surface area contributed by atoms with Gasteiger partial charge in [-0.05, 0) is 24.1 Å². The van der Waals surface area contributed by atoms with E-state index in [0.29, 0.717) is 0 Å². The largest absolute Gasteiger partial charge is 0.271 e. The third-order valence-corrected chi connectivity index (χ3v) is 3.54.